The fraction of sp³-hybridized carbons (Fsp3) is 0.409. The number of carbonyl (C=O) groups is 1. The van der Waals surface area contributed by atoms with E-state index >= 15 is 0 Å². The van der Waals surface area contributed by atoms with Gasteiger partial charge >= 0.3 is 5.97 Å². The van der Waals surface area contributed by atoms with E-state index in [-0.39, 0.29) is 11.8 Å². The average molecular weight is 356 g/mol. The van der Waals surface area contributed by atoms with Crippen LogP contribution in [0.4, 0.5) is 4.39 Å². The van der Waals surface area contributed by atoms with Crippen molar-refractivity contribution < 1.29 is 18.7 Å². The molecule has 0 heterocycles. The van der Waals surface area contributed by atoms with Crippen LogP contribution in [0.3, 0.4) is 0 Å². The van der Waals surface area contributed by atoms with Gasteiger partial charge in [0.05, 0.1) is 19.1 Å². The summed E-state index contributed by atoms with van der Waals surface area (Å²) in [6.45, 7) is 2.34. The van der Waals surface area contributed by atoms with Gasteiger partial charge in [-0.1, -0.05) is 30.3 Å². The molecule has 1 aliphatic rings. The first-order chi connectivity index (χ1) is 12.6. The Morgan fingerprint density at radius 1 is 1.19 bits per heavy atom. The minimum atomic E-state index is -0.752. The molecule has 26 heavy (non-hydrogen) atoms. The molecule has 2 aromatic carbocycles. The third-order valence-corrected chi connectivity index (χ3v) is 5.51. The number of hydrogen-bond acceptors (Lipinski definition) is 3. The van der Waals surface area contributed by atoms with Crippen molar-refractivity contribution in [3.05, 3.63) is 65.5 Å². The summed E-state index contributed by atoms with van der Waals surface area (Å²) >= 11 is 0. The van der Waals surface area contributed by atoms with E-state index in [4.69, 9.17) is 9.47 Å². The van der Waals surface area contributed by atoms with E-state index in [9.17, 15) is 9.18 Å². The number of halogens is 1. The number of para-hydroxylation sites is 1. The van der Waals surface area contributed by atoms with Crippen LogP contribution in [0.2, 0.25) is 0 Å². The zero-order chi connectivity index (χ0) is 18.6. The van der Waals surface area contributed by atoms with Crippen LogP contribution in [0, 0.1) is 18.7 Å². The quantitative estimate of drug-likeness (QED) is 0.697. The summed E-state index contributed by atoms with van der Waals surface area (Å²) in [6.07, 6.45) is 3.12. The molecule has 2 aromatic rings. The highest BCUT2D eigenvalue weighted by Crippen LogP contribution is 2.47. The molecule has 1 aliphatic carbocycles. The molecule has 2 unspecified atom stereocenters. The first kappa shape index (κ1) is 18.4. The Balaban J connectivity index is 1.72. The molecular formula is C22H25FO3. The number of rotatable bonds is 6. The monoisotopic (exact) mass is 356 g/mol. The lowest BCUT2D eigenvalue weighted by Gasteiger charge is -2.29. The predicted molar refractivity (Wildman–Crippen MR) is 98.7 cm³/mol. The molecule has 0 aromatic heterocycles. The van der Waals surface area contributed by atoms with Crippen molar-refractivity contribution in [1.29, 1.82) is 0 Å². The normalized spacial score (nSPS) is 22.2. The number of ether oxygens (including phenoxy) is 2. The summed E-state index contributed by atoms with van der Waals surface area (Å²) in [4.78, 5) is 12.7. The molecule has 4 heteroatoms. The molecule has 3 nitrogen and oxygen atoms in total. The number of esters is 1. The van der Waals surface area contributed by atoms with E-state index in [2.05, 4.69) is 0 Å². The van der Waals surface area contributed by atoms with E-state index in [0.717, 1.165) is 24.2 Å². The maximum absolute atomic E-state index is 14.1. The smallest absolute Gasteiger partial charge is 0.316 e. The minimum absolute atomic E-state index is 0.266. The van der Waals surface area contributed by atoms with Gasteiger partial charge < -0.3 is 9.47 Å². The lowest BCUT2D eigenvalue weighted by atomic mass is 9.76. The molecule has 0 aliphatic heterocycles. The Labute approximate surface area is 154 Å². The highest BCUT2D eigenvalue weighted by Gasteiger charge is 2.48. The van der Waals surface area contributed by atoms with Gasteiger partial charge in [0.2, 0.25) is 0 Å². The molecule has 0 bridgehead atoms. The number of carbonyl (C=O) groups excluding carboxylic acids is 1. The Bertz CT molecular complexity index is 759. The summed E-state index contributed by atoms with van der Waals surface area (Å²) in [6, 6.07) is 14.7. The van der Waals surface area contributed by atoms with E-state index in [1.807, 2.05) is 36.4 Å². The summed E-state index contributed by atoms with van der Waals surface area (Å²) in [7, 11) is 1.41. The Hall–Kier alpha value is -2.36. The molecular weight excluding hydrogens is 331 g/mol. The van der Waals surface area contributed by atoms with Crippen molar-refractivity contribution in [2.24, 2.45) is 5.92 Å². The SMILES string of the molecule is COC(=O)C1(c2cccc(F)c2C)CCC(CCOc2ccccc2)C1. The lowest BCUT2D eigenvalue weighted by molar-refractivity contribution is -0.147. The second kappa shape index (κ2) is 7.90. The van der Waals surface area contributed by atoms with Crippen molar-refractivity contribution in [1.82, 2.24) is 0 Å². The van der Waals surface area contributed by atoms with Gasteiger partial charge in [-0.25, -0.2) is 4.39 Å². The topological polar surface area (TPSA) is 35.5 Å². The van der Waals surface area contributed by atoms with Crippen LogP contribution in [0.25, 0.3) is 0 Å². The molecule has 0 N–H and O–H groups in total. The van der Waals surface area contributed by atoms with Gasteiger partial charge in [-0.3, -0.25) is 4.79 Å². The van der Waals surface area contributed by atoms with Gasteiger partial charge in [0, 0.05) is 0 Å². The van der Waals surface area contributed by atoms with Crippen molar-refractivity contribution in [2.75, 3.05) is 13.7 Å². The summed E-state index contributed by atoms with van der Waals surface area (Å²) in [5.74, 6) is 0.658. The van der Waals surface area contributed by atoms with Crippen molar-refractivity contribution in [3.63, 3.8) is 0 Å². The zero-order valence-electron chi connectivity index (χ0n) is 15.3. The van der Waals surface area contributed by atoms with Crippen LogP contribution in [-0.4, -0.2) is 19.7 Å². The molecule has 0 radical (unpaired) electrons. The predicted octanol–water partition coefficient (Wildman–Crippen LogP) is 4.81. The molecule has 0 spiro atoms. The standard InChI is InChI=1S/C22H25FO3/c1-16-19(9-6-10-20(16)23)22(21(24)25-2)13-11-17(15-22)12-14-26-18-7-4-3-5-8-18/h3-10,17H,11-15H2,1-2H3. The Morgan fingerprint density at radius 2 is 1.96 bits per heavy atom. The molecule has 2 atom stereocenters. The fourth-order valence-electron chi connectivity index (χ4n) is 4.12. The van der Waals surface area contributed by atoms with Crippen LogP contribution < -0.4 is 4.74 Å². The van der Waals surface area contributed by atoms with Crippen LogP contribution in [-0.2, 0) is 14.9 Å². The largest absolute Gasteiger partial charge is 0.494 e. The van der Waals surface area contributed by atoms with Crippen LogP contribution in [0.15, 0.2) is 48.5 Å². The average Bonchev–Trinajstić information content (AvgIpc) is 3.09. The summed E-state index contributed by atoms with van der Waals surface area (Å²) < 4.78 is 25.0. The van der Waals surface area contributed by atoms with Crippen LogP contribution >= 0.6 is 0 Å². The van der Waals surface area contributed by atoms with Crippen molar-refractivity contribution in [2.45, 2.75) is 38.0 Å². The first-order valence-corrected chi connectivity index (χ1v) is 9.08. The molecule has 0 saturated heterocycles. The van der Waals surface area contributed by atoms with Gasteiger partial charge in [-0.05, 0) is 67.9 Å². The van der Waals surface area contributed by atoms with E-state index < -0.39 is 5.41 Å². The zero-order valence-corrected chi connectivity index (χ0v) is 15.3. The highest BCUT2D eigenvalue weighted by molar-refractivity contribution is 5.84. The molecule has 138 valence electrons. The molecule has 3 rings (SSSR count). The summed E-state index contributed by atoms with van der Waals surface area (Å²) in [5.41, 5.74) is 0.549. The van der Waals surface area contributed by atoms with E-state index in [1.165, 1.54) is 13.2 Å². The third-order valence-electron chi connectivity index (χ3n) is 5.51. The minimum Gasteiger partial charge on any atom is -0.494 e. The van der Waals surface area contributed by atoms with Crippen LogP contribution in [0.1, 0.15) is 36.8 Å². The van der Waals surface area contributed by atoms with Gasteiger partial charge in [0.25, 0.3) is 0 Å². The van der Waals surface area contributed by atoms with E-state index in [0.29, 0.717) is 30.9 Å². The Kier molecular flexibility index (Phi) is 5.60. The summed E-state index contributed by atoms with van der Waals surface area (Å²) in [5, 5.41) is 0. The van der Waals surface area contributed by atoms with Gasteiger partial charge in [-0.2, -0.15) is 0 Å². The number of benzene rings is 2. The second-order valence-corrected chi connectivity index (χ2v) is 7.05. The third kappa shape index (κ3) is 3.59. The number of hydrogen-bond donors (Lipinski definition) is 0. The van der Waals surface area contributed by atoms with Gasteiger partial charge in [0.1, 0.15) is 11.6 Å². The highest BCUT2D eigenvalue weighted by atomic mass is 19.1. The van der Waals surface area contributed by atoms with Crippen molar-refractivity contribution >= 4 is 5.97 Å². The first-order valence-electron chi connectivity index (χ1n) is 9.08. The lowest BCUT2D eigenvalue weighted by Crippen LogP contribution is -2.35. The van der Waals surface area contributed by atoms with E-state index in [1.54, 1.807) is 13.0 Å². The maximum atomic E-state index is 14.1. The van der Waals surface area contributed by atoms with Crippen LogP contribution in [0.5, 0.6) is 5.75 Å². The molecule has 1 saturated carbocycles. The number of methoxy groups -OCH3 is 1. The van der Waals surface area contributed by atoms with Gasteiger partial charge in [0.15, 0.2) is 0 Å². The Morgan fingerprint density at radius 3 is 2.69 bits per heavy atom. The second-order valence-electron chi connectivity index (χ2n) is 7.05. The molecule has 1 fully saturated rings. The fourth-order valence-corrected chi connectivity index (χ4v) is 4.12. The van der Waals surface area contributed by atoms with Gasteiger partial charge in [-0.15, -0.1) is 0 Å². The maximum Gasteiger partial charge on any atom is 0.316 e. The van der Waals surface area contributed by atoms with Crippen molar-refractivity contribution in [3.8, 4) is 5.75 Å². The molecule has 0 amide bonds.